The molecule has 0 spiro atoms. The Morgan fingerprint density at radius 2 is 2.15 bits per heavy atom. The van der Waals surface area contributed by atoms with Gasteiger partial charge in [-0.2, -0.15) is 4.98 Å². The molecule has 26 heavy (non-hydrogen) atoms. The van der Waals surface area contributed by atoms with E-state index in [1.165, 1.54) is 17.8 Å². The van der Waals surface area contributed by atoms with Crippen molar-refractivity contribution in [2.75, 3.05) is 0 Å². The van der Waals surface area contributed by atoms with E-state index in [-0.39, 0.29) is 11.5 Å². The largest absolute Gasteiger partial charge is 0.349 e. The van der Waals surface area contributed by atoms with Crippen LogP contribution in [-0.2, 0) is 25.1 Å². The predicted molar refractivity (Wildman–Crippen MR) is 105 cm³/mol. The fraction of sp³-hybridized carbons (Fsp3) is 0.263. The van der Waals surface area contributed by atoms with E-state index in [2.05, 4.69) is 4.98 Å². The molecule has 0 saturated heterocycles. The topological polar surface area (TPSA) is 34.9 Å². The molecule has 7 heteroatoms. The molecule has 0 saturated carbocycles. The molecule has 1 aliphatic carbocycles. The molecule has 2 aromatic heterocycles. The molecule has 4 rings (SSSR count). The Morgan fingerprint density at radius 1 is 1.27 bits per heavy atom. The lowest BCUT2D eigenvalue weighted by Crippen LogP contribution is -2.27. The minimum atomic E-state index is -0.326. The van der Waals surface area contributed by atoms with Crippen LogP contribution < -0.4 is 5.69 Å². The molecule has 0 radical (unpaired) electrons. The lowest BCUT2D eigenvalue weighted by atomic mass is 10.2. The molecule has 0 atom stereocenters. The van der Waals surface area contributed by atoms with Crippen molar-refractivity contribution >= 4 is 34.7 Å². The Bertz CT molecular complexity index is 981. The van der Waals surface area contributed by atoms with Crippen LogP contribution in [0, 0.1) is 5.82 Å². The van der Waals surface area contributed by atoms with Crippen LogP contribution in [0.4, 0.5) is 4.39 Å². The Hall–Kier alpha value is -1.63. The summed E-state index contributed by atoms with van der Waals surface area (Å²) in [5.74, 6) is 0.0342. The maximum Gasteiger partial charge on any atom is 0.349 e. The van der Waals surface area contributed by atoms with Gasteiger partial charge in [-0.15, -0.1) is 23.1 Å². The standard InChI is InChI=1S/C19H16ClFN2OS2/c20-15-6-2-7-16(21)14(15)11-26-18-13-5-1-8-17(13)23(19(24)22-18)10-12-4-3-9-25-12/h2-4,6-7,9H,1,5,8,10-11H2. The van der Waals surface area contributed by atoms with Crippen molar-refractivity contribution < 1.29 is 4.39 Å². The molecular weight excluding hydrogens is 391 g/mol. The lowest BCUT2D eigenvalue weighted by Gasteiger charge is -2.14. The monoisotopic (exact) mass is 406 g/mol. The van der Waals surface area contributed by atoms with Crippen LogP contribution in [0.1, 0.15) is 28.1 Å². The maximum atomic E-state index is 14.0. The normalized spacial score (nSPS) is 13.2. The van der Waals surface area contributed by atoms with Crippen molar-refractivity contribution in [3.8, 4) is 0 Å². The second kappa shape index (κ2) is 7.55. The molecule has 0 aliphatic heterocycles. The maximum absolute atomic E-state index is 14.0. The first-order chi connectivity index (χ1) is 12.6. The van der Waals surface area contributed by atoms with E-state index in [0.29, 0.717) is 27.9 Å². The molecular formula is C19H16ClFN2OS2. The van der Waals surface area contributed by atoms with E-state index in [1.54, 1.807) is 28.0 Å². The third-order valence-electron chi connectivity index (χ3n) is 4.51. The number of fused-ring (bicyclic) bond motifs is 1. The zero-order valence-corrected chi connectivity index (χ0v) is 16.3. The van der Waals surface area contributed by atoms with Crippen molar-refractivity contribution in [1.29, 1.82) is 0 Å². The summed E-state index contributed by atoms with van der Waals surface area (Å²) in [6.07, 6.45) is 2.80. The first-order valence-corrected chi connectivity index (χ1v) is 10.6. The van der Waals surface area contributed by atoms with Crippen molar-refractivity contribution in [1.82, 2.24) is 9.55 Å². The number of halogens is 2. The zero-order valence-electron chi connectivity index (χ0n) is 13.9. The molecule has 3 nitrogen and oxygen atoms in total. The molecule has 0 bridgehead atoms. The van der Waals surface area contributed by atoms with Gasteiger partial charge in [-0.1, -0.05) is 23.7 Å². The highest BCUT2D eigenvalue weighted by molar-refractivity contribution is 7.98. The minimum absolute atomic E-state index is 0.235. The molecule has 0 unspecified atom stereocenters. The van der Waals surface area contributed by atoms with Crippen LogP contribution in [0.3, 0.4) is 0 Å². The van der Waals surface area contributed by atoms with Gasteiger partial charge in [-0.05, 0) is 42.8 Å². The number of thiophene rings is 1. The Kier molecular flexibility index (Phi) is 5.16. The third-order valence-corrected chi connectivity index (χ3v) is 6.77. The van der Waals surface area contributed by atoms with Crippen LogP contribution in [-0.4, -0.2) is 9.55 Å². The predicted octanol–water partition coefficient (Wildman–Crippen LogP) is 4.93. The van der Waals surface area contributed by atoms with Gasteiger partial charge in [0, 0.05) is 32.5 Å². The van der Waals surface area contributed by atoms with E-state index in [9.17, 15) is 9.18 Å². The quantitative estimate of drug-likeness (QED) is 0.445. The molecule has 0 N–H and O–H groups in total. The number of thioether (sulfide) groups is 1. The van der Waals surface area contributed by atoms with Gasteiger partial charge in [0.05, 0.1) is 6.54 Å². The van der Waals surface area contributed by atoms with Crippen LogP contribution in [0.5, 0.6) is 0 Å². The minimum Gasteiger partial charge on any atom is -0.291 e. The summed E-state index contributed by atoms with van der Waals surface area (Å²) < 4.78 is 15.8. The van der Waals surface area contributed by atoms with Gasteiger partial charge >= 0.3 is 5.69 Å². The average molecular weight is 407 g/mol. The van der Waals surface area contributed by atoms with Crippen LogP contribution in [0.15, 0.2) is 45.5 Å². The van der Waals surface area contributed by atoms with Gasteiger partial charge < -0.3 is 0 Å². The highest BCUT2D eigenvalue weighted by Crippen LogP contribution is 2.33. The van der Waals surface area contributed by atoms with Gasteiger partial charge in [0.15, 0.2) is 0 Å². The van der Waals surface area contributed by atoms with Gasteiger partial charge in [-0.25, -0.2) is 9.18 Å². The van der Waals surface area contributed by atoms with Crippen LogP contribution >= 0.6 is 34.7 Å². The van der Waals surface area contributed by atoms with Crippen LogP contribution in [0.2, 0.25) is 5.02 Å². The number of nitrogens with zero attached hydrogens (tertiary/aromatic N) is 2. The van der Waals surface area contributed by atoms with Crippen LogP contribution in [0.25, 0.3) is 0 Å². The zero-order chi connectivity index (χ0) is 18.1. The van der Waals surface area contributed by atoms with E-state index < -0.39 is 0 Å². The summed E-state index contributed by atoms with van der Waals surface area (Å²) in [7, 11) is 0. The summed E-state index contributed by atoms with van der Waals surface area (Å²) in [5, 5.41) is 3.13. The fourth-order valence-electron chi connectivity index (χ4n) is 3.24. The van der Waals surface area contributed by atoms with Crippen molar-refractivity contribution in [2.24, 2.45) is 0 Å². The number of aromatic nitrogens is 2. The van der Waals surface area contributed by atoms with Gasteiger partial charge in [0.25, 0.3) is 0 Å². The second-order valence-corrected chi connectivity index (χ2v) is 8.54. The SMILES string of the molecule is O=c1nc(SCc2c(F)cccc2Cl)c2c(n1Cc1cccs1)CCC2. The highest BCUT2D eigenvalue weighted by atomic mass is 35.5. The Balaban J connectivity index is 1.65. The molecule has 0 fully saturated rings. The van der Waals surface area contributed by atoms with Gasteiger partial charge in [0.2, 0.25) is 0 Å². The average Bonchev–Trinajstić information content (AvgIpc) is 3.29. The molecule has 1 aliphatic rings. The summed E-state index contributed by atoms with van der Waals surface area (Å²) >= 11 is 9.14. The Labute approximate surface area is 163 Å². The number of rotatable bonds is 5. The summed E-state index contributed by atoms with van der Waals surface area (Å²) in [6.45, 7) is 0.565. The van der Waals surface area contributed by atoms with E-state index in [0.717, 1.165) is 35.4 Å². The molecule has 0 amide bonds. The smallest absolute Gasteiger partial charge is 0.291 e. The van der Waals surface area contributed by atoms with E-state index in [4.69, 9.17) is 11.6 Å². The van der Waals surface area contributed by atoms with Crippen molar-refractivity contribution in [2.45, 2.75) is 36.6 Å². The summed E-state index contributed by atoms with van der Waals surface area (Å²) in [4.78, 5) is 18.1. The molecule has 1 aromatic carbocycles. The summed E-state index contributed by atoms with van der Waals surface area (Å²) in [5.41, 5.74) is 2.41. The first-order valence-electron chi connectivity index (χ1n) is 8.34. The summed E-state index contributed by atoms with van der Waals surface area (Å²) in [6, 6.07) is 8.69. The number of hydrogen-bond acceptors (Lipinski definition) is 4. The molecule has 134 valence electrons. The highest BCUT2D eigenvalue weighted by Gasteiger charge is 2.22. The third kappa shape index (κ3) is 3.46. The second-order valence-electron chi connectivity index (χ2n) is 6.13. The first kappa shape index (κ1) is 17.8. The van der Waals surface area contributed by atoms with Gasteiger partial charge in [0.1, 0.15) is 10.8 Å². The molecule has 3 aromatic rings. The van der Waals surface area contributed by atoms with Crippen molar-refractivity contribution in [3.63, 3.8) is 0 Å². The van der Waals surface area contributed by atoms with Crippen molar-refractivity contribution in [3.05, 3.63) is 78.7 Å². The fourth-order valence-corrected chi connectivity index (χ4v) is 5.35. The van der Waals surface area contributed by atoms with E-state index in [1.807, 2.05) is 17.5 Å². The lowest BCUT2D eigenvalue weighted by molar-refractivity contribution is 0.617. The number of benzene rings is 1. The molecule has 2 heterocycles. The number of hydrogen-bond donors (Lipinski definition) is 0. The van der Waals surface area contributed by atoms with E-state index >= 15 is 0 Å². The van der Waals surface area contributed by atoms with Gasteiger partial charge in [-0.3, -0.25) is 4.57 Å². The Morgan fingerprint density at radius 3 is 2.92 bits per heavy atom.